The Kier molecular flexibility index (Phi) is 7.74. The van der Waals surface area contributed by atoms with E-state index in [1.165, 1.54) is 38.5 Å². The Balaban J connectivity index is 1.58. The summed E-state index contributed by atoms with van der Waals surface area (Å²) in [5.74, 6) is 8.55. The maximum atomic E-state index is 11.1. The van der Waals surface area contributed by atoms with Crippen LogP contribution in [0.15, 0.2) is 0 Å². The molecule has 33 heavy (non-hydrogen) atoms. The summed E-state index contributed by atoms with van der Waals surface area (Å²) in [6.07, 6.45) is 9.91. The molecule has 1 saturated heterocycles. The zero-order chi connectivity index (χ0) is 23.9. The minimum atomic E-state index is -1.92. The molecule has 1 aliphatic heterocycles. The first-order valence-electron chi connectivity index (χ1n) is 13.8. The second-order valence-electron chi connectivity index (χ2n) is 12.7. The van der Waals surface area contributed by atoms with Crippen LogP contribution in [0, 0.1) is 41.4 Å². The molecule has 4 aliphatic rings. The van der Waals surface area contributed by atoms with Gasteiger partial charge in [-0.15, -0.1) is 0 Å². The van der Waals surface area contributed by atoms with Gasteiger partial charge in [0.15, 0.2) is 14.1 Å². The van der Waals surface area contributed by atoms with Crippen molar-refractivity contribution in [2.45, 2.75) is 122 Å². The van der Waals surface area contributed by atoms with Crippen LogP contribution in [0.3, 0.4) is 0 Å². The average molecular weight is 477 g/mol. The highest BCUT2D eigenvalue weighted by Crippen LogP contribution is 2.63. The number of aliphatic hydroxyl groups is 1. The van der Waals surface area contributed by atoms with E-state index in [-0.39, 0.29) is 23.2 Å². The molecule has 3 saturated carbocycles. The van der Waals surface area contributed by atoms with Crippen LogP contribution in [0.2, 0.25) is 18.1 Å². The van der Waals surface area contributed by atoms with Gasteiger partial charge in [0.1, 0.15) is 6.10 Å². The van der Waals surface area contributed by atoms with Gasteiger partial charge in [0.05, 0.1) is 25.2 Å². The van der Waals surface area contributed by atoms with Gasteiger partial charge in [-0.3, -0.25) is 0 Å². The van der Waals surface area contributed by atoms with Crippen molar-refractivity contribution in [1.82, 2.24) is 0 Å². The Morgan fingerprint density at radius 3 is 2.36 bits per heavy atom. The molecule has 0 aromatic carbocycles. The van der Waals surface area contributed by atoms with Gasteiger partial charge >= 0.3 is 0 Å². The Labute approximate surface area is 203 Å². The summed E-state index contributed by atoms with van der Waals surface area (Å²) >= 11 is 0. The number of unbranched alkanes of at least 4 members (excludes halogenated alkanes) is 1. The van der Waals surface area contributed by atoms with E-state index in [0.717, 1.165) is 19.3 Å². The van der Waals surface area contributed by atoms with E-state index in [1.54, 1.807) is 0 Å². The topological polar surface area (TPSA) is 47.9 Å². The normalized spacial score (nSPS) is 35.1. The monoisotopic (exact) mass is 476 g/mol. The summed E-state index contributed by atoms with van der Waals surface area (Å²) in [6, 6.07) is 0. The van der Waals surface area contributed by atoms with E-state index in [9.17, 15) is 5.11 Å². The lowest BCUT2D eigenvalue weighted by molar-refractivity contribution is -0.341. The molecule has 3 aliphatic carbocycles. The van der Waals surface area contributed by atoms with Crippen LogP contribution in [0.1, 0.15) is 85.5 Å². The molecular weight excluding hydrogens is 428 g/mol. The molecule has 0 aromatic rings. The highest BCUT2D eigenvalue weighted by Gasteiger charge is 2.68. The Hall–Kier alpha value is -0.383. The lowest BCUT2D eigenvalue weighted by Crippen LogP contribution is -2.67. The highest BCUT2D eigenvalue weighted by atomic mass is 28.4. The second kappa shape index (κ2) is 9.94. The molecule has 4 nitrogen and oxygen atoms in total. The molecule has 5 heteroatoms. The van der Waals surface area contributed by atoms with Crippen LogP contribution < -0.4 is 0 Å². The summed E-state index contributed by atoms with van der Waals surface area (Å²) in [7, 11) is -1.92. The number of aliphatic hydroxyl groups excluding tert-OH is 1. The van der Waals surface area contributed by atoms with Gasteiger partial charge in [-0.2, -0.15) is 0 Å². The first-order valence-corrected chi connectivity index (χ1v) is 16.7. The SMILES string of the molecule is CCCCC1[C@H]2[C@H](C#C[C@@H](O[Si](C)(C)C(C)(C)C)C3CCCC3)[C@@H](O)CC[C@H]2C12OCCO2. The van der Waals surface area contributed by atoms with Gasteiger partial charge in [-0.1, -0.05) is 65.2 Å². The van der Waals surface area contributed by atoms with Gasteiger partial charge < -0.3 is 19.0 Å². The van der Waals surface area contributed by atoms with Crippen molar-refractivity contribution < 1.29 is 19.0 Å². The first-order chi connectivity index (χ1) is 15.6. The highest BCUT2D eigenvalue weighted by molar-refractivity contribution is 6.74. The molecule has 1 spiro atoms. The van der Waals surface area contributed by atoms with Crippen molar-refractivity contribution >= 4 is 8.32 Å². The van der Waals surface area contributed by atoms with Crippen LogP contribution in [0.4, 0.5) is 0 Å². The van der Waals surface area contributed by atoms with E-state index in [0.29, 0.717) is 36.9 Å². The molecule has 6 atom stereocenters. The van der Waals surface area contributed by atoms with E-state index < -0.39 is 14.1 Å². The maximum Gasteiger partial charge on any atom is 0.193 e. The number of hydrogen-bond donors (Lipinski definition) is 1. The molecule has 1 heterocycles. The molecular formula is C28H48O4Si. The molecule has 4 fully saturated rings. The fourth-order valence-corrected chi connectivity index (χ4v) is 7.95. The van der Waals surface area contributed by atoms with Gasteiger partial charge in [0.25, 0.3) is 0 Å². The summed E-state index contributed by atoms with van der Waals surface area (Å²) < 4.78 is 19.5. The third-order valence-corrected chi connectivity index (χ3v) is 14.1. The largest absolute Gasteiger partial charge is 0.403 e. The number of fused-ring (bicyclic) bond motifs is 2. The number of hydrogen-bond acceptors (Lipinski definition) is 4. The maximum absolute atomic E-state index is 11.1. The molecule has 4 rings (SSSR count). The summed E-state index contributed by atoms with van der Waals surface area (Å²) in [6.45, 7) is 15.3. The Morgan fingerprint density at radius 1 is 1.09 bits per heavy atom. The minimum absolute atomic E-state index is 0.00285. The lowest BCUT2D eigenvalue weighted by Gasteiger charge is -2.62. The zero-order valence-electron chi connectivity index (χ0n) is 22.0. The molecule has 0 aromatic heterocycles. The molecule has 188 valence electrons. The first kappa shape index (κ1) is 25.7. The van der Waals surface area contributed by atoms with Crippen molar-refractivity contribution in [3.05, 3.63) is 0 Å². The summed E-state index contributed by atoms with van der Waals surface area (Å²) in [5.41, 5.74) is 0. The molecule has 0 bridgehead atoms. The average Bonchev–Trinajstić information content (AvgIpc) is 3.44. The van der Waals surface area contributed by atoms with Gasteiger partial charge in [-0.25, -0.2) is 0 Å². The third kappa shape index (κ3) is 4.85. The van der Waals surface area contributed by atoms with Crippen molar-refractivity contribution in [2.24, 2.45) is 29.6 Å². The van der Waals surface area contributed by atoms with Crippen LogP contribution in [-0.2, 0) is 13.9 Å². The number of ether oxygens (including phenoxy) is 2. The van der Waals surface area contributed by atoms with Crippen LogP contribution >= 0.6 is 0 Å². The molecule has 1 unspecified atom stereocenters. The van der Waals surface area contributed by atoms with Crippen molar-refractivity contribution in [1.29, 1.82) is 0 Å². The van der Waals surface area contributed by atoms with Crippen molar-refractivity contribution in [3.8, 4) is 11.8 Å². The fraction of sp³-hybridized carbons (Fsp3) is 0.929. The second-order valence-corrected chi connectivity index (χ2v) is 17.4. The molecule has 1 N–H and O–H groups in total. The van der Waals surface area contributed by atoms with Crippen LogP contribution in [0.25, 0.3) is 0 Å². The predicted molar refractivity (Wildman–Crippen MR) is 135 cm³/mol. The van der Waals surface area contributed by atoms with Crippen molar-refractivity contribution in [2.75, 3.05) is 13.2 Å². The van der Waals surface area contributed by atoms with E-state index in [4.69, 9.17) is 13.9 Å². The van der Waals surface area contributed by atoms with Crippen molar-refractivity contribution in [3.63, 3.8) is 0 Å². The quantitative estimate of drug-likeness (QED) is 0.370. The lowest BCUT2D eigenvalue weighted by atomic mass is 9.49. The van der Waals surface area contributed by atoms with Gasteiger partial charge in [0.2, 0.25) is 0 Å². The van der Waals surface area contributed by atoms with E-state index in [1.807, 2.05) is 0 Å². The van der Waals surface area contributed by atoms with Crippen LogP contribution in [-0.4, -0.2) is 44.6 Å². The van der Waals surface area contributed by atoms with Gasteiger partial charge in [-0.05, 0) is 62.1 Å². The summed E-state index contributed by atoms with van der Waals surface area (Å²) in [5, 5.41) is 11.3. The summed E-state index contributed by atoms with van der Waals surface area (Å²) in [4.78, 5) is 0. The number of rotatable bonds is 6. The van der Waals surface area contributed by atoms with Crippen LogP contribution in [0.5, 0.6) is 0 Å². The van der Waals surface area contributed by atoms with Gasteiger partial charge in [0, 0.05) is 11.8 Å². The smallest absolute Gasteiger partial charge is 0.193 e. The third-order valence-electron chi connectivity index (χ3n) is 9.62. The molecule has 0 amide bonds. The fourth-order valence-electron chi connectivity index (χ4n) is 6.71. The minimum Gasteiger partial charge on any atom is -0.403 e. The van der Waals surface area contributed by atoms with E-state index in [2.05, 4.69) is 52.6 Å². The Bertz CT molecular complexity index is 720. The molecule has 0 radical (unpaired) electrons. The predicted octanol–water partition coefficient (Wildman–Crippen LogP) is 6.14. The standard InChI is InChI=1S/C28H48O4Si/c1-7-8-13-22-26-21(24(29)16-15-23(26)28(22)30-18-19-31-28)14-17-25(20-11-9-10-12-20)32-33(5,6)27(2,3)4/h20-26,29H,7-13,15-16,18-19H2,1-6H3/t21-,22?,23-,24+,25-,26-/m1/s1. The Morgan fingerprint density at radius 2 is 1.76 bits per heavy atom. The zero-order valence-corrected chi connectivity index (χ0v) is 23.0. The van der Waals surface area contributed by atoms with E-state index >= 15 is 0 Å².